The van der Waals surface area contributed by atoms with E-state index < -0.39 is 6.04 Å². The summed E-state index contributed by atoms with van der Waals surface area (Å²) in [5, 5.41) is 3.74. The minimum atomic E-state index is -0.602. The topological polar surface area (TPSA) is 58.6 Å². The summed E-state index contributed by atoms with van der Waals surface area (Å²) in [7, 11) is 1.63. The summed E-state index contributed by atoms with van der Waals surface area (Å²) in [5.74, 6) is 1.47. The van der Waals surface area contributed by atoms with Gasteiger partial charge in [0.2, 0.25) is 11.8 Å². The minimum absolute atomic E-state index is 0.108. The summed E-state index contributed by atoms with van der Waals surface area (Å²) in [6, 6.07) is 12.4. The second-order valence-electron chi connectivity index (χ2n) is 7.08. The zero-order chi connectivity index (χ0) is 22.8. The Morgan fingerprint density at radius 3 is 2.39 bits per heavy atom. The van der Waals surface area contributed by atoms with Crippen molar-refractivity contribution in [3.63, 3.8) is 0 Å². The monoisotopic (exact) mass is 482 g/mol. The maximum absolute atomic E-state index is 13.1. The van der Waals surface area contributed by atoms with Crippen LogP contribution in [0, 0.1) is 0 Å². The van der Waals surface area contributed by atoms with E-state index in [1.54, 1.807) is 31.1 Å². The number of amides is 2. The van der Waals surface area contributed by atoms with Gasteiger partial charge < -0.3 is 15.0 Å². The fourth-order valence-corrected chi connectivity index (χ4v) is 4.07. The average Bonchev–Trinajstić information content (AvgIpc) is 2.78. The van der Waals surface area contributed by atoms with Crippen LogP contribution in [-0.4, -0.2) is 42.2 Å². The van der Waals surface area contributed by atoms with Crippen molar-refractivity contribution in [3.05, 3.63) is 63.6 Å². The first-order valence-electron chi connectivity index (χ1n) is 10.1. The van der Waals surface area contributed by atoms with Crippen molar-refractivity contribution < 1.29 is 14.3 Å². The molecule has 0 saturated carbocycles. The molecule has 0 saturated heterocycles. The maximum Gasteiger partial charge on any atom is 0.242 e. The first kappa shape index (κ1) is 25.4. The van der Waals surface area contributed by atoms with E-state index in [0.29, 0.717) is 22.3 Å². The van der Waals surface area contributed by atoms with Crippen molar-refractivity contribution in [2.75, 3.05) is 19.4 Å². The highest BCUT2D eigenvalue weighted by Gasteiger charge is 2.26. The second kappa shape index (κ2) is 12.8. The lowest BCUT2D eigenvalue weighted by Gasteiger charge is -2.29. The van der Waals surface area contributed by atoms with Crippen LogP contribution in [0.15, 0.2) is 42.5 Å². The smallest absolute Gasteiger partial charge is 0.242 e. The number of nitrogens with zero attached hydrogens (tertiary/aromatic N) is 1. The van der Waals surface area contributed by atoms with Gasteiger partial charge in [0.05, 0.1) is 22.9 Å². The van der Waals surface area contributed by atoms with Crippen molar-refractivity contribution >= 4 is 46.8 Å². The third-order valence-electron chi connectivity index (χ3n) is 4.71. The van der Waals surface area contributed by atoms with Gasteiger partial charge in [0, 0.05) is 18.8 Å². The predicted octanol–water partition coefficient (Wildman–Crippen LogP) is 5.18. The summed E-state index contributed by atoms with van der Waals surface area (Å²) < 4.78 is 5.17. The zero-order valence-corrected chi connectivity index (χ0v) is 20.3. The molecular weight excluding hydrogens is 455 g/mol. The molecule has 31 heavy (non-hydrogen) atoms. The lowest BCUT2D eigenvalue weighted by Crippen LogP contribution is -2.48. The first-order chi connectivity index (χ1) is 14.8. The molecule has 2 amide bonds. The molecule has 168 valence electrons. The maximum atomic E-state index is 13.1. The fraction of sp³-hybridized carbons (Fsp3) is 0.391. The summed E-state index contributed by atoms with van der Waals surface area (Å²) in [4.78, 5) is 27.2. The van der Waals surface area contributed by atoms with E-state index in [9.17, 15) is 9.59 Å². The Morgan fingerprint density at radius 2 is 1.77 bits per heavy atom. The number of rotatable bonds is 11. The van der Waals surface area contributed by atoms with Gasteiger partial charge in [0.1, 0.15) is 11.8 Å². The fourth-order valence-electron chi connectivity index (χ4n) is 2.87. The van der Waals surface area contributed by atoms with Crippen LogP contribution in [0.1, 0.15) is 31.4 Å². The lowest BCUT2D eigenvalue weighted by molar-refractivity contribution is -0.138. The number of halogens is 2. The number of methoxy groups -OCH3 is 1. The number of hydrogen-bond acceptors (Lipinski definition) is 4. The summed E-state index contributed by atoms with van der Waals surface area (Å²) in [6.07, 6.45) is 0.830. The van der Waals surface area contributed by atoms with E-state index in [4.69, 9.17) is 27.9 Å². The van der Waals surface area contributed by atoms with Crippen molar-refractivity contribution in [2.45, 2.75) is 38.6 Å². The second-order valence-corrected chi connectivity index (χ2v) is 8.88. The number of carbonyl (C=O) groups is 2. The number of hydrogen-bond donors (Lipinski definition) is 1. The van der Waals surface area contributed by atoms with Crippen LogP contribution in [0.3, 0.4) is 0 Å². The van der Waals surface area contributed by atoms with Crippen LogP contribution in [-0.2, 0) is 21.9 Å². The number of thioether (sulfide) groups is 1. The highest BCUT2D eigenvalue weighted by molar-refractivity contribution is 7.99. The molecular formula is C23H28Cl2N2O3S. The summed E-state index contributed by atoms with van der Waals surface area (Å²) in [6.45, 7) is 4.58. The molecule has 1 N–H and O–H groups in total. The van der Waals surface area contributed by atoms with E-state index in [1.165, 1.54) is 11.8 Å². The molecule has 0 aliphatic heterocycles. The van der Waals surface area contributed by atoms with Gasteiger partial charge in [-0.2, -0.15) is 0 Å². The Hall–Kier alpha value is -1.89. The van der Waals surface area contributed by atoms with Crippen molar-refractivity contribution in [1.29, 1.82) is 0 Å². The van der Waals surface area contributed by atoms with Crippen LogP contribution in [0.2, 0.25) is 10.0 Å². The molecule has 2 aromatic rings. The highest BCUT2D eigenvalue weighted by Crippen LogP contribution is 2.24. The Morgan fingerprint density at radius 1 is 1.10 bits per heavy atom. The third-order valence-corrected chi connectivity index (χ3v) is 6.43. The van der Waals surface area contributed by atoms with Crippen LogP contribution >= 0.6 is 35.0 Å². The van der Waals surface area contributed by atoms with Gasteiger partial charge in [-0.1, -0.05) is 48.3 Å². The highest BCUT2D eigenvalue weighted by atomic mass is 35.5. The Bertz CT molecular complexity index is 878. The van der Waals surface area contributed by atoms with Gasteiger partial charge in [-0.25, -0.2) is 0 Å². The minimum Gasteiger partial charge on any atom is -0.497 e. The molecule has 8 heteroatoms. The lowest BCUT2D eigenvalue weighted by atomic mass is 10.1. The van der Waals surface area contributed by atoms with E-state index >= 15 is 0 Å². The molecule has 0 heterocycles. The summed E-state index contributed by atoms with van der Waals surface area (Å²) in [5.41, 5.74) is 1.92. The zero-order valence-electron chi connectivity index (χ0n) is 18.0. The molecule has 1 atom stereocenters. The van der Waals surface area contributed by atoms with E-state index in [2.05, 4.69) is 5.32 Å². The van der Waals surface area contributed by atoms with Crippen LogP contribution < -0.4 is 10.1 Å². The van der Waals surface area contributed by atoms with Gasteiger partial charge in [-0.15, -0.1) is 11.8 Å². The van der Waals surface area contributed by atoms with E-state index in [0.717, 1.165) is 23.3 Å². The SMILES string of the molecule is CCCNC(=O)C(C)N(Cc1ccc(Cl)c(Cl)c1)C(=O)CSCc1ccc(OC)cc1. The average molecular weight is 483 g/mol. The van der Waals surface area contributed by atoms with Crippen LogP contribution in [0.4, 0.5) is 0 Å². The van der Waals surface area contributed by atoms with Crippen molar-refractivity contribution in [2.24, 2.45) is 0 Å². The normalized spacial score (nSPS) is 11.6. The standard InChI is InChI=1S/C23H28Cl2N2O3S/c1-4-11-26-23(29)16(2)27(13-18-7-10-20(24)21(25)12-18)22(28)15-31-14-17-5-8-19(30-3)9-6-17/h5-10,12,16H,4,11,13-15H2,1-3H3,(H,26,29). The Labute approximate surface area is 198 Å². The molecule has 2 rings (SSSR count). The molecule has 1 unspecified atom stereocenters. The van der Waals surface area contributed by atoms with Crippen LogP contribution in [0.25, 0.3) is 0 Å². The number of benzene rings is 2. The Balaban J connectivity index is 2.06. The van der Waals surface area contributed by atoms with Crippen molar-refractivity contribution in [3.8, 4) is 5.75 Å². The molecule has 0 bridgehead atoms. The summed E-state index contributed by atoms with van der Waals surface area (Å²) >= 11 is 13.6. The molecule has 0 aromatic heterocycles. The molecule has 5 nitrogen and oxygen atoms in total. The van der Waals surface area contributed by atoms with Gasteiger partial charge in [-0.05, 0) is 48.7 Å². The molecule has 2 aromatic carbocycles. The van der Waals surface area contributed by atoms with Crippen molar-refractivity contribution in [1.82, 2.24) is 10.2 Å². The molecule has 0 aliphatic carbocycles. The molecule has 0 aliphatic rings. The number of carbonyl (C=O) groups excluding carboxylic acids is 2. The predicted molar refractivity (Wildman–Crippen MR) is 129 cm³/mol. The molecule has 0 spiro atoms. The van der Waals surface area contributed by atoms with E-state index in [-0.39, 0.29) is 24.1 Å². The molecule has 0 fully saturated rings. The number of nitrogens with one attached hydrogen (secondary N) is 1. The van der Waals surface area contributed by atoms with E-state index in [1.807, 2.05) is 37.3 Å². The largest absolute Gasteiger partial charge is 0.497 e. The van der Waals surface area contributed by atoms with Gasteiger partial charge in [-0.3, -0.25) is 9.59 Å². The molecule has 0 radical (unpaired) electrons. The third kappa shape index (κ3) is 7.95. The Kier molecular flexibility index (Phi) is 10.5. The quantitative estimate of drug-likeness (QED) is 0.479. The van der Waals surface area contributed by atoms with Crippen LogP contribution in [0.5, 0.6) is 5.75 Å². The first-order valence-corrected chi connectivity index (χ1v) is 12.0. The van der Waals surface area contributed by atoms with Gasteiger partial charge >= 0.3 is 0 Å². The van der Waals surface area contributed by atoms with Gasteiger partial charge in [0.15, 0.2) is 0 Å². The number of ether oxygens (including phenoxy) is 1. The van der Waals surface area contributed by atoms with Gasteiger partial charge in [0.25, 0.3) is 0 Å².